The quantitative estimate of drug-likeness (QED) is 0.0879. The molecule has 0 spiro atoms. The number of likely N-dealkylation sites (N-methyl/N-ethyl adjacent to an activating group) is 1. The lowest BCUT2D eigenvalue weighted by molar-refractivity contribution is -0.896. The van der Waals surface area contributed by atoms with Gasteiger partial charge in [0.2, 0.25) is 0 Å². The van der Waals surface area contributed by atoms with Crippen molar-refractivity contribution in [2.75, 3.05) is 33.9 Å². The van der Waals surface area contributed by atoms with Crippen LogP contribution < -0.4 is 4.74 Å². The molecule has 2 aromatic carbocycles. The second-order valence-electron chi connectivity index (χ2n) is 11.4. The number of benzene rings is 2. The van der Waals surface area contributed by atoms with Crippen LogP contribution in [0.15, 0.2) is 54.6 Å². The highest BCUT2D eigenvalue weighted by Gasteiger charge is 2.21. The van der Waals surface area contributed by atoms with Gasteiger partial charge < -0.3 is 14.0 Å². The van der Waals surface area contributed by atoms with Crippen LogP contribution in [0.1, 0.15) is 102 Å². The third kappa shape index (κ3) is 15.8. The predicted molar refractivity (Wildman–Crippen MR) is 159 cm³/mol. The minimum Gasteiger partial charge on any atom is -0.494 e. The first-order valence-electron chi connectivity index (χ1n) is 15.2. The van der Waals surface area contributed by atoms with Gasteiger partial charge >= 0.3 is 5.97 Å². The van der Waals surface area contributed by atoms with Crippen molar-refractivity contribution in [2.45, 2.75) is 103 Å². The summed E-state index contributed by atoms with van der Waals surface area (Å²) in [4.78, 5) is 12.3. The maximum absolute atomic E-state index is 12.3. The summed E-state index contributed by atoms with van der Waals surface area (Å²) in [5.74, 6) is 0.810. The maximum atomic E-state index is 12.3. The Hall–Kier alpha value is -2.33. The molecule has 2 rings (SSSR count). The molecule has 0 aliphatic carbocycles. The lowest BCUT2D eigenvalue weighted by atomic mass is 10.0. The molecule has 0 saturated heterocycles. The van der Waals surface area contributed by atoms with Crippen LogP contribution in [-0.2, 0) is 22.5 Å². The third-order valence-corrected chi connectivity index (χ3v) is 7.05. The summed E-state index contributed by atoms with van der Waals surface area (Å²) in [6, 6.07) is 18.8. The zero-order valence-corrected chi connectivity index (χ0v) is 24.6. The normalized spacial score (nSPS) is 11.4. The van der Waals surface area contributed by atoms with Gasteiger partial charge in [0.1, 0.15) is 12.3 Å². The molecule has 0 unspecified atom stereocenters. The fourth-order valence-corrected chi connectivity index (χ4v) is 4.89. The summed E-state index contributed by atoms with van der Waals surface area (Å²) in [6.07, 6.45) is 18.0. The van der Waals surface area contributed by atoms with E-state index >= 15 is 0 Å². The van der Waals surface area contributed by atoms with Gasteiger partial charge in [-0.3, -0.25) is 0 Å². The van der Waals surface area contributed by atoms with E-state index in [1.165, 1.54) is 81.8 Å². The molecule has 4 heteroatoms. The number of esters is 1. The first-order chi connectivity index (χ1) is 18.5. The van der Waals surface area contributed by atoms with Crippen LogP contribution >= 0.6 is 0 Å². The largest absolute Gasteiger partial charge is 0.494 e. The van der Waals surface area contributed by atoms with Crippen LogP contribution in [0.4, 0.5) is 0 Å². The fraction of sp³-hybridized carbons (Fsp3) is 0.618. The lowest BCUT2D eigenvalue weighted by Crippen LogP contribution is -2.43. The Morgan fingerprint density at radius 3 is 1.97 bits per heavy atom. The summed E-state index contributed by atoms with van der Waals surface area (Å²) in [5.41, 5.74) is 2.59. The molecule has 0 saturated carbocycles. The number of aryl methyl sites for hydroxylation is 1. The first kappa shape index (κ1) is 31.9. The Kier molecular flexibility index (Phi) is 16.5. The van der Waals surface area contributed by atoms with Gasteiger partial charge in [-0.2, -0.15) is 0 Å². The first-order valence-corrected chi connectivity index (χ1v) is 15.2. The van der Waals surface area contributed by atoms with Gasteiger partial charge in [0.25, 0.3) is 0 Å². The minimum atomic E-state index is -0.137. The molecule has 0 amide bonds. The molecule has 38 heavy (non-hydrogen) atoms. The van der Waals surface area contributed by atoms with E-state index in [1.807, 2.05) is 24.3 Å². The predicted octanol–water partition coefficient (Wildman–Crippen LogP) is 8.52. The molecular weight excluding hydrogens is 470 g/mol. The van der Waals surface area contributed by atoms with E-state index in [4.69, 9.17) is 9.47 Å². The molecule has 0 heterocycles. The monoisotopic (exact) mass is 524 g/mol. The molecule has 212 valence electrons. The van der Waals surface area contributed by atoms with Crippen molar-refractivity contribution < 1.29 is 18.8 Å². The Morgan fingerprint density at radius 1 is 0.684 bits per heavy atom. The second kappa shape index (κ2) is 19.7. The Balaban J connectivity index is 1.48. The number of ether oxygens (including phenoxy) is 2. The highest BCUT2D eigenvalue weighted by molar-refractivity contribution is 5.70. The van der Waals surface area contributed by atoms with Crippen molar-refractivity contribution >= 4 is 5.97 Å². The average molecular weight is 525 g/mol. The average Bonchev–Trinajstić information content (AvgIpc) is 2.89. The molecule has 0 N–H and O–H groups in total. The summed E-state index contributed by atoms with van der Waals surface area (Å²) < 4.78 is 12.0. The van der Waals surface area contributed by atoms with E-state index in [0.29, 0.717) is 24.2 Å². The second-order valence-corrected chi connectivity index (χ2v) is 11.4. The SMILES string of the molecule is CCCCCCCCCCCCCc1cccc(OCCCCOC(=O)C[N+](C)(C)Cc2ccccc2)c1. The number of carbonyl (C=O) groups excluding carboxylic acids is 1. The van der Waals surface area contributed by atoms with Crippen LogP contribution in [0.5, 0.6) is 5.75 Å². The molecule has 0 aromatic heterocycles. The molecular formula is C34H54NO3+. The number of unbranched alkanes of at least 4 members (excludes halogenated alkanes) is 11. The van der Waals surface area contributed by atoms with Gasteiger partial charge in [0, 0.05) is 5.56 Å². The van der Waals surface area contributed by atoms with Crippen molar-refractivity contribution in [2.24, 2.45) is 0 Å². The summed E-state index contributed by atoms with van der Waals surface area (Å²) in [6.45, 7) is 4.56. The molecule has 2 aromatic rings. The summed E-state index contributed by atoms with van der Waals surface area (Å²) in [7, 11) is 4.13. The Labute approximate surface area is 233 Å². The highest BCUT2D eigenvalue weighted by atomic mass is 16.5. The van der Waals surface area contributed by atoms with Crippen molar-refractivity contribution in [3.05, 3.63) is 65.7 Å². The molecule has 4 nitrogen and oxygen atoms in total. The van der Waals surface area contributed by atoms with E-state index in [9.17, 15) is 4.79 Å². The zero-order chi connectivity index (χ0) is 27.3. The van der Waals surface area contributed by atoms with E-state index in [-0.39, 0.29) is 5.97 Å². The van der Waals surface area contributed by atoms with Crippen molar-refractivity contribution in [3.63, 3.8) is 0 Å². The number of nitrogens with zero attached hydrogens (tertiary/aromatic N) is 1. The third-order valence-electron chi connectivity index (χ3n) is 7.05. The molecule has 0 radical (unpaired) electrons. The standard InChI is InChI=1S/C34H54NO3/c1-4-5-6-7-8-9-10-11-12-13-15-21-31-24-20-25-33(28-31)37-26-18-19-27-38-34(36)30-35(2,3)29-32-22-16-14-17-23-32/h14,16-17,20,22-25,28H,4-13,15,18-19,21,26-27,29-30H2,1-3H3/q+1. The van der Waals surface area contributed by atoms with E-state index in [2.05, 4.69) is 51.4 Å². The topological polar surface area (TPSA) is 35.5 Å². The van der Waals surface area contributed by atoms with Crippen molar-refractivity contribution in [3.8, 4) is 5.75 Å². The number of quaternary nitrogens is 1. The van der Waals surface area contributed by atoms with Gasteiger partial charge in [-0.25, -0.2) is 4.79 Å². The van der Waals surface area contributed by atoms with Gasteiger partial charge in [0.05, 0.1) is 27.3 Å². The van der Waals surface area contributed by atoms with E-state index in [0.717, 1.165) is 31.6 Å². The van der Waals surface area contributed by atoms with Crippen LogP contribution in [0.25, 0.3) is 0 Å². The van der Waals surface area contributed by atoms with E-state index < -0.39 is 0 Å². The molecule has 0 fully saturated rings. The van der Waals surface area contributed by atoms with Crippen LogP contribution in [-0.4, -0.2) is 44.3 Å². The van der Waals surface area contributed by atoms with Crippen LogP contribution in [0, 0.1) is 0 Å². The Bertz CT molecular complexity index is 865. The van der Waals surface area contributed by atoms with Crippen molar-refractivity contribution in [1.29, 1.82) is 0 Å². The number of hydrogen-bond acceptors (Lipinski definition) is 3. The van der Waals surface area contributed by atoms with Gasteiger partial charge in [-0.15, -0.1) is 0 Å². The van der Waals surface area contributed by atoms with Crippen LogP contribution in [0.2, 0.25) is 0 Å². The van der Waals surface area contributed by atoms with Gasteiger partial charge in [-0.1, -0.05) is 114 Å². The Morgan fingerprint density at radius 2 is 1.29 bits per heavy atom. The summed E-state index contributed by atoms with van der Waals surface area (Å²) in [5, 5.41) is 0. The minimum absolute atomic E-state index is 0.137. The van der Waals surface area contributed by atoms with Crippen LogP contribution in [0.3, 0.4) is 0 Å². The zero-order valence-electron chi connectivity index (χ0n) is 24.6. The number of carbonyl (C=O) groups is 1. The van der Waals surface area contributed by atoms with Crippen molar-refractivity contribution in [1.82, 2.24) is 0 Å². The lowest BCUT2D eigenvalue weighted by Gasteiger charge is -2.28. The summed E-state index contributed by atoms with van der Waals surface area (Å²) >= 11 is 0. The van der Waals surface area contributed by atoms with Gasteiger partial charge in [0.15, 0.2) is 6.54 Å². The molecule has 0 aliphatic heterocycles. The molecule has 0 aliphatic rings. The van der Waals surface area contributed by atoms with E-state index in [1.54, 1.807) is 0 Å². The molecule has 0 atom stereocenters. The fourth-order valence-electron chi connectivity index (χ4n) is 4.89. The number of hydrogen-bond donors (Lipinski definition) is 0. The number of rotatable bonds is 22. The van der Waals surface area contributed by atoms with Gasteiger partial charge in [-0.05, 0) is 43.4 Å². The molecule has 0 bridgehead atoms. The highest BCUT2D eigenvalue weighted by Crippen LogP contribution is 2.17. The smallest absolute Gasteiger partial charge is 0.361 e. The maximum Gasteiger partial charge on any atom is 0.361 e.